The molecule has 1 aromatic carbocycles. The van der Waals surface area contributed by atoms with Crippen LogP contribution in [0.3, 0.4) is 0 Å². The summed E-state index contributed by atoms with van der Waals surface area (Å²) in [6.07, 6.45) is 3.40. The normalized spacial score (nSPS) is 14.6. The van der Waals surface area contributed by atoms with E-state index in [1.807, 2.05) is 51.1 Å². The van der Waals surface area contributed by atoms with Gasteiger partial charge < -0.3 is 24.1 Å². The van der Waals surface area contributed by atoms with Crippen molar-refractivity contribution in [1.82, 2.24) is 9.88 Å². The van der Waals surface area contributed by atoms with Gasteiger partial charge in [-0.25, -0.2) is 14.2 Å². The van der Waals surface area contributed by atoms with Crippen LogP contribution in [0.1, 0.15) is 51.7 Å². The number of likely N-dealkylation sites (tertiary alicyclic amines) is 1. The van der Waals surface area contributed by atoms with E-state index in [1.54, 1.807) is 31.0 Å². The van der Waals surface area contributed by atoms with Gasteiger partial charge in [-0.05, 0) is 58.2 Å². The SMILES string of the molecule is C=Cc1cc(Oc2ccc(C(=C)C)cc2)ncc1N(C)C1CCN(C(=O)OC(C)(C)C(C)F)CC1.C=O. The molecule has 0 N–H and O–H groups in total. The average Bonchev–Trinajstić information content (AvgIpc) is 2.89. The van der Waals surface area contributed by atoms with Gasteiger partial charge in [0.1, 0.15) is 24.3 Å². The van der Waals surface area contributed by atoms with E-state index >= 15 is 0 Å². The van der Waals surface area contributed by atoms with Crippen LogP contribution in [0.2, 0.25) is 0 Å². The molecule has 8 heteroatoms. The van der Waals surface area contributed by atoms with Crippen molar-refractivity contribution < 1.29 is 23.5 Å². The third kappa shape index (κ3) is 7.65. The summed E-state index contributed by atoms with van der Waals surface area (Å²) in [6, 6.07) is 9.82. The summed E-state index contributed by atoms with van der Waals surface area (Å²) >= 11 is 0. The third-order valence-electron chi connectivity index (χ3n) is 6.64. The molecule has 0 aliphatic carbocycles. The van der Waals surface area contributed by atoms with Crippen LogP contribution in [0.5, 0.6) is 11.6 Å². The molecular weight excluding hydrogens is 473 g/mol. The Morgan fingerprint density at radius 1 is 1.24 bits per heavy atom. The van der Waals surface area contributed by atoms with Crippen LogP contribution in [-0.2, 0) is 9.53 Å². The van der Waals surface area contributed by atoms with Crippen molar-refractivity contribution in [3.05, 3.63) is 60.8 Å². The van der Waals surface area contributed by atoms with Gasteiger partial charge >= 0.3 is 6.09 Å². The summed E-state index contributed by atoms with van der Waals surface area (Å²) in [5.74, 6) is 1.19. The Morgan fingerprint density at radius 2 is 1.84 bits per heavy atom. The van der Waals surface area contributed by atoms with Gasteiger partial charge in [-0.1, -0.05) is 36.9 Å². The number of halogens is 1. The van der Waals surface area contributed by atoms with Gasteiger partial charge in [-0.3, -0.25) is 0 Å². The molecule has 1 saturated heterocycles. The van der Waals surface area contributed by atoms with E-state index in [2.05, 4.69) is 23.0 Å². The van der Waals surface area contributed by atoms with Crippen LogP contribution in [0, 0.1) is 0 Å². The highest BCUT2D eigenvalue weighted by Crippen LogP contribution is 2.30. The highest BCUT2D eigenvalue weighted by Gasteiger charge is 2.34. The number of nitrogens with zero attached hydrogens (tertiary/aromatic N) is 3. The lowest BCUT2D eigenvalue weighted by molar-refractivity contribution is -0.0980. The fourth-order valence-electron chi connectivity index (χ4n) is 3.89. The molecule has 37 heavy (non-hydrogen) atoms. The van der Waals surface area contributed by atoms with Crippen molar-refractivity contribution >= 4 is 30.2 Å². The Hall–Kier alpha value is -3.68. The van der Waals surface area contributed by atoms with Crippen LogP contribution in [0.4, 0.5) is 14.9 Å². The number of benzene rings is 1. The number of rotatable bonds is 8. The molecule has 3 rings (SSSR count). The fourth-order valence-corrected chi connectivity index (χ4v) is 3.89. The zero-order valence-electron chi connectivity index (χ0n) is 22.5. The maximum Gasteiger partial charge on any atom is 0.410 e. The van der Waals surface area contributed by atoms with E-state index in [1.165, 1.54) is 6.92 Å². The number of ether oxygens (including phenoxy) is 2. The zero-order chi connectivity index (χ0) is 27.8. The highest BCUT2D eigenvalue weighted by atomic mass is 19.1. The maximum absolute atomic E-state index is 13.7. The van der Waals surface area contributed by atoms with Gasteiger partial charge in [-0.2, -0.15) is 0 Å². The minimum absolute atomic E-state index is 0.217. The Morgan fingerprint density at radius 3 is 2.35 bits per heavy atom. The monoisotopic (exact) mass is 511 g/mol. The summed E-state index contributed by atoms with van der Waals surface area (Å²) in [5.41, 5.74) is 2.77. The Kier molecular flexibility index (Phi) is 10.4. The molecular formula is C29H38FN3O4. The second-order valence-corrected chi connectivity index (χ2v) is 9.61. The van der Waals surface area contributed by atoms with E-state index in [0.29, 0.717) is 24.7 Å². The molecule has 0 spiro atoms. The number of hydrogen-bond acceptors (Lipinski definition) is 6. The molecule has 0 saturated carbocycles. The van der Waals surface area contributed by atoms with Crippen molar-refractivity contribution in [1.29, 1.82) is 0 Å². The molecule has 7 nitrogen and oxygen atoms in total. The molecule has 1 aliphatic heterocycles. The number of aromatic nitrogens is 1. The third-order valence-corrected chi connectivity index (χ3v) is 6.64. The number of pyridine rings is 1. The summed E-state index contributed by atoms with van der Waals surface area (Å²) in [5, 5.41) is 0. The largest absolute Gasteiger partial charge is 0.440 e. The van der Waals surface area contributed by atoms with Gasteiger partial charge in [0.05, 0.1) is 11.9 Å². The van der Waals surface area contributed by atoms with Gasteiger partial charge in [0.25, 0.3) is 0 Å². The van der Waals surface area contributed by atoms with E-state index in [9.17, 15) is 9.18 Å². The molecule has 200 valence electrons. The van der Waals surface area contributed by atoms with Crippen molar-refractivity contribution in [2.75, 3.05) is 25.0 Å². The Labute approximate surface area is 219 Å². The quantitative estimate of drug-likeness (QED) is 0.401. The summed E-state index contributed by atoms with van der Waals surface area (Å²) in [4.78, 5) is 28.8. The number of carbonyl (C=O) groups excluding carboxylic acids is 2. The summed E-state index contributed by atoms with van der Waals surface area (Å²) in [6.45, 7) is 17.5. The number of piperidine rings is 1. The zero-order valence-corrected chi connectivity index (χ0v) is 22.5. The lowest BCUT2D eigenvalue weighted by Crippen LogP contribution is -2.48. The van der Waals surface area contributed by atoms with Crippen LogP contribution in [0.25, 0.3) is 11.6 Å². The average molecular weight is 512 g/mol. The number of hydrogen-bond donors (Lipinski definition) is 0. The minimum Gasteiger partial charge on any atom is -0.440 e. The number of amides is 1. The van der Waals surface area contributed by atoms with Gasteiger partial charge in [0.2, 0.25) is 5.88 Å². The van der Waals surface area contributed by atoms with E-state index in [4.69, 9.17) is 14.3 Å². The van der Waals surface area contributed by atoms with Crippen LogP contribution >= 0.6 is 0 Å². The number of alkyl halides is 1. The second kappa shape index (κ2) is 13.0. The molecule has 1 unspecified atom stereocenters. The van der Waals surface area contributed by atoms with Gasteiger partial charge in [0, 0.05) is 37.8 Å². The molecule has 1 atom stereocenters. The van der Waals surface area contributed by atoms with Gasteiger partial charge in [-0.15, -0.1) is 0 Å². The van der Waals surface area contributed by atoms with Crippen LogP contribution in [0.15, 0.2) is 49.7 Å². The number of allylic oxidation sites excluding steroid dienone is 1. The maximum atomic E-state index is 13.7. The standard InChI is InChI=1S/C28H36FN3O3.CH2O/c1-8-21-17-26(34-24-11-9-22(10-12-24)19(2)3)30-18-25(21)31(7)23-13-15-32(16-14-23)27(33)35-28(5,6)20(4)29;1-2/h8-12,17-18,20,23H,1-2,13-16H2,3-7H3;1H2. The van der Waals surface area contributed by atoms with Gasteiger partial charge in [0.15, 0.2) is 0 Å². The highest BCUT2D eigenvalue weighted by molar-refractivity contribution is 5.69. The Balaban J connectivity index is 0.00000235. The summed E-state index contributed by atoms with van der Waals surface area (Å²) < 4.78 is 25.0. The fraction of sp³-hybridized carbons (Fsp3) is 0.414. The van der Waals surface area contributed by atoms with Crippen molar-refractivity contribution in [2.45, 2.75) is 58.4 Å². The van der Waals surface area contributed by atoms with Crippen LogP contribution < -0.4 is 9.64 Å². The molecule has 2 heterocycles. The number of anilines is 1. The first-order valence-electron chi connectivity index (χ1n) is 12.2. The van der Waals surface area contributed by atoms with E-state index in [-0.39, 0.29) is 6.04 Å². The molecule has 1 fully saturated rings. The van der Waals surface area contributed by atoms with Crippen molar-refractivity contribution in [2.24, 2.45) is 0 Å². The lowest BCUT2D eigenvalue weighted by atomic mass is 10.0. The van der Waals surface area contributed by atoms with E-state index in [0.717, 1.165) is 35.2 Å². The molecule has 1 aliphatic rings. The van der Waals surface area contributed by atoms with E-state index < -0.39 is 17.9 Å². The first kappa shape index (κ1) is 29.5. The predicted octanol–water partition coefficient (Wildman–Crippen LogP) is 6.54. The second-order valence-electron chi connectivity index (χ2n) is 9.61. The molecule has 2 aromatic rings. The molecule has 0 bridgehead atoms. The Bertz CT molecular complexity index is 1080. The van der Waals surface area contributed by atoms with Crippen LogP contribution in [-0.4, -0.2) is 60.7 Å². The first-order valence-corrected chi connectivity index (χ1v) is 12.2. The number of carbonyl (C=O) groups is 2. The topological polar surface area (TPSA) is 72.0 Å². The molecule has 1 amide bonds. The lowest BCUT2D eigenvalue weighted by Gasteiger charge is -2.39. The minimum atomic E-state index is -1.25. The molecule has 0 radical (unpaired) electrons. The van der Waals surface area contributed by atoms with Crippen molar-refractivity contribution in [3.63, 3.8) is 0 Å². The predicted molar refractivity (Wildman–Crippen MR) is 147 cm³/mol. The smallest absolute Gasteiger partial charge is 0.410 e. The molecule has 1 aromatic heterocycles. The first-order chi connectivity index (χ1) is 17.5. The summed E-state index contributed by atoms with van der Waals surface area (Å²) in [7, 11) is 2.02. The van der Waals surface area contributed by atoms with Crippen molar-refractivity contribution in [3.8, 4) is 11.6 Å².